The molecule has 0 radical (unpaired) electrons. The lowest BCUT2D eigenvalue weighted by Crippen LogP contribution is -2.48. The monoisotopic (exact) mass is 234 g/mol. The predicted molar refractivity (Wildman–Crippen MR) is 67.5 cm³/mol. The van der Waals surface area contributed by atoms with Crippen LogP contribution in [0.4, 0.5) is 0 Å². The molecule has 0 saturated heterocycles. The molecule has 0 amide bonds. The second kappa shape index (κ2) is 4.08. The molecule has 0 spiro atoms. The van der Waals surface area contributed by atoms with E-state index in [0.717, 1.165) is 18.4 Å². The van der Waals surface area contributed by atoms with Gasteiger partial charge in [0.15, 0.2) is 0 Å². The molecule has 17 heavy (non-hydrogen) atoms. The van der Waals surface area contributed by atoms with E-state index in [9.17, 15) is 9.59 Å². The van der Waals surface area contributed by atoms with E-state index in [4.69, 9.17) is 0 Å². The molecule has 4 atom stereocenters. The van der Waals surface area contributed by atoms with Crippen LogP contribution in [0, 0.1) is 23.2 Å². The molecule has 0 aromatic heterocycles. The van der Waals surface area contributed by atoms with Crippen molar-refractivity contribution in [3.8, 4) is 0 Å². The van der Waals surface area contributed by atoms with Gasteiger partial charge >= 0.3 is 0 Å². The van der Waals surface area contributed by atoms with Crippen LogP contribution >= 0.6 is 0 Å². The summed E-state index contributed by atoms with van der Waals surface area (Å²) in [4.78, 5) is 24.2. The normalized spacial score (nSPS) is 42.2. The van der Waals surface area contributed by atoms with Crippen LogP contribution in [0.2, 0.25) is 0 Å². The molecular formula is C15H22O2. The van der Waals surface area contributed by atoms with Gasteiger partial charge in [-0.15, -0.1) is 0 Å². The molecule has 2 nitrogen and oxygen atoms in total. The summed E-state index contributed by atoms with van der Waals surface area (Å²) in [5.41, 5.74) is 0.839. The predicted octanol–water partition coefficient (Wildman–Crippen LogP) is 3.16. The molecule has 2 rings (SSSR count). The van der Waals surface area contributed by atoms with E-state index >= 15 is 0 Å². The van der Waals surface area contributed by atoms with E-state index in [1.54, 1.807) is 0 Å². The van der Waals surface area contributed by atoms with Crippen LogP contribution in [-0.2, 0) is 9.59 Å². The molecule has 0 aromatic rings. The Labute approximate surface area is 103 Å². The van der Waals surface area contributed by atoms with Crippen LogP contribution in [-0.4, -0.2) is 11.6 Å². The van der Waals surface area contributed by atoms with E-state index in [1.807, 2.05) is 13.8 Å². The highest BCUT2D eigenvalue weighted by Crippen LogP contribution is 2.51. The fraction of sp³-hybridized carbons (Fsp3) is 0.733. The lowest BCUT2D eigenvalue weighted by molar-refractivity contribution is -0.145. The maximum atomic E-state index is 12.4. The molecule has 0 bridgehead atoms. The lowest BCUT2D eigenvalue weighted by Gasteiger charge is -2.47. The first-order valence-corrected chi connectivity index (χ1v) is 6.56. The Morgan fingerprint density at radius 1 is 1.35 bits per heavy atom. The van der Waals surface area contributed by atoms with Crippen LogP contribution in [0.1, 0.15) is 46.5 Å². The molecule has 0 aromatic carbocycles. The van der Waals surface area contributed by atoms with Gasteiger partial charge < -0.3 is 0 Å². The van der Waals surface area contributed by atoms with Crippen molar-refractivity contribution in [2.24, 2.45) is 23.2 Å². The minimum Gasteiger partial charge on any atom is -0.299 e. The smallest absolute Gasteiger partial charge is 0.139 e. The van der Waals surface area contributed by atoms with Crippen molar-refractivity contribution in [2.45, 2.75) is 46.5 Å². The van der Waals surface area contributed by atoms with Gasteiger partial charge in [-0.2, -0.15) is 0 Å². The number of allylic oxidation sites excluding steroid dienone is 1. The largest absolute Gasteiger partial charge is 0.299 e. The van der Waals surface area contributed by atoms with Gasteiger partial charge in [-0.3, -0.25) is 9.59 Å². The number of carbonyl (C=O) groups excluding carboxylic acids is 2. The summed E-state index contributed by atoms with van der Waals surface area (Å²) in [6, 6.07) is 0. The van der Waals surface area contributed by atoms with Gasteiger partial charge in [0.2, 0.25) is 0 Å². The Bertz CT molecular complexity index is 382. The summed E-state index contributed by atoms with van der Waals surface area (Å²) in [5.74, 6) is 1.28. The van der Waals surface area contributed by atoms with Crippen LogP contribution in [0.25, 0.3) is 0 Å². The zero-order valence-corrected chi connectivity index (χ0v) is 11.1. The number of ketones is 2. The van der Waals surface area contributed by atoms with Gasteiger partial charge in [0.05, 0.1) is 0 Å². The summed E-state index contributed by atoms with van der Waals surface area (Å²) >= 11 is 0. The third-order valence-corrected chi connectivity index (χ3v) is 4.96. The molecule has 0 heterocycles. The molecule has 0 N–H and O–H groups in total. The van der Waals surface area contributed by atoms with E-state index in [2.05, 4.69) is 13.5 Å². The highest BCUT2D eigenvalue weighted by Gasteiger charge is 2.50. The zero-order chi connectivity index (χ0) is 12.8. The average Bonchev–Trinajstić information content (AvgIpc) is 2.22. The first-order valence-electron chi connectivity index (χ1n) is 6.56. The van der Waals surface area contributed by atoms with Crippen molar-refractivity contribution in [2.75, 3.05) is 0 Å². The molecule has 2 fully saturated rings. The van der Waals surface area contributed by atoms with Crippen molar-refractivity contribution in [1.82, 2.24) is 0 Å². The standard InChI is InChI=1S/C15H22O2/c1-9(2)11-5-12-7-13(16)10(3)8-15(12,4)14(17)6-11/h10-12H,1,5-8H2,2-4H3/t10-,11-,12+,15-/m0/s1. The maximum Gasteiger partial charge on any atom is 0.139 e. The minimum atomic E-state index is -0.251. The molecule has 2 heteroatoms. The molecule has 94 valence electrons. The fourth-order valence-corrected chi connectivity index (χ4v) is 3.53. The quantitative estimate of drug-likeness (QED) is 0.653. The number of hydrogen-bond donors (Lipinski definition) is 0. The molecule has 2 saturated carbocycles. The van der Waals surface area contributed by atoms with Gasteiger partial charge in [0, 0.05) is 24.2 Å². The number of carbonyl (C=O) groups is 2. The second-order valence-electron chi connectivity index (χ2n) is 6.30. The van der Waals surface area contributed by atoms with Crippen LogP contribution < -0.4 is 0 Å². The average molecular weight is 234 g/mol. The van der Waals surface area contributed by atoms with Crippen molar-refractivity contribution in [1.29, 1.82) is 0 Å². The Balaban J connectivity index is 2.25. The van der Waals surface area contributed by atoms with Gasteiger partial charge in [-0.1, -0.05) is 26.0 Å². The van der Waals surface area contributed by atoms with Crippen molar-refractivity contribution in [3.05, 3.63) is 12.2 Å². The second-order valence-corrected chi connectivity index (χ2v) is 6.30. The zero-order valence-electron chi connectivity index (χ0n) is 11.1. The fourth-order valence-electron chi connectivity index (χ4n) is 3.53. The molecule has 0 unspecified atom stereocenters. The van der Waals surface area contributed by atoms with Crippen LogP contribution in [0.5, 0.6) is 0 Å². The Morgan fingerprint density at radius 2 is 2.00 bits per heavy atom. The van der Waals surface area contributed by atoms with E-state index in [1.165, 1.54) is 0 Å². The highest BCUT2D eigenvalue weighted by atomic mass is 16.1. The van der Waals surface area contributed by atoms with Gasteiger partial charge in [0.1, 0.15) is 11.6 Å². The van der Waals surface area contributed by atoms with E-state index < -0.39 is 0 Å². The first kappa shape index (κ1) is 12.5. The summed E-state index contributed by atoms with van der Waals surface area (Å²) in [6.45, 7) is 9.99. The molecule has 0 aliphatic heterocycles. The summed E-state index contributed by atoms with van der Waals surface area (Å²) < 4.78 is 0. The lowest BCUT2D eigenvalue weighted by atomic mass is 9.55. The topological polar surface area (TPSA) is 34.1 Å². The third-order valence-electron chi connectivity index (χ3n) is 4.96. The SMILES string of the molecule is C=C(C)[C@@H]1CC(=O)[C@@]2(C)C[C@H](C)C(=O)C[C@H]2C1. The van der Waals surface area contributed by atoms with Crippen LogP contribution in [0.3, 0.4) is 0 Å². The highest BCUT2D eigenvalue weighted by molar-refractivity contribution is 5.91. The number of fused-ring (bicyclic) bond motifs is 1. The summed E-state index contributed by atoms with van der Waals surface area (Å²) in [7, 11) is 0. The molecular weight excluding hydrogens is 212 g/mol. The molecule has 2 aliphatic carbocycles. The first-order chi connectivity index (χ1) is 7.84. The van der Waals surface area contributed by atoms with Gasteiger partial charge in [-0.25, -0.2) is 0 Å². The summed E-state index contributed by atoms with van der Waals surface area (Å²) in [6.07, 6.45) is 2.94. The van der Waals surface area contributed by atoms with Gasteiger partial charge in [0.25, 0.3) is 0 Å². The Morgan fingerprint density at radius 3 is 2.59 bits per heavy atom. The Hall–Kier alpha value is -0.920. The van der Waals surface area contributed by atoms with Gasteiger partial charge in [-0.05, 0) is 31.6 Å². The third kappa shape index (κ3) is 1.98. The number of hydrogen-bond acceptors (Lipinski definition) is 2. The van der Waals surface area contributed by atoms with E-state index in [0.29, 0.717) is 30.3 Å². The number of rotatable bonds is 1. The van der Waals surface area contributed by atoms with Crippen molar-refractivity contribution < 1.29 is 9.59 Å². The van der Waals surface area contributed by atoms with Crippen molar-refractivity contribution >= 4 is 11.6 Å². The minimum absolute atomic E-state index is 0.0570. The maximum absolute atomic E-state index is 12.4. The van der Waals surface area contributed by atoms with Crippen LogP contribution in [0.15, 0.2) is 12.2 Å². The number of Topliss-reactive ketones (excluding diaryl/α,β-unsaturated/α-hetero) is 2. The van der Waals surface area contributed by atoms with E-state index in [-0.39, 0.29) is 17.3 Å². The molecule has 2 aliphatic rings. The summed E-state index contributed by atoms with van der Waals surface area (Å²) in [5, 5.41) is 0. The Kier molecular flexibility index (Phi) is 3.01. The van der Waals surface area contributed by atoms with Crippen molar-refractivity contribution in [3.63, 3.8) is 0 Å².